The van der Waals surface area contributed by atoms with Gasteiger partial charge in [-0.15, -0.1) is 0 Å². The minimum absolute atomic E-state index is 0.312. The molecule has 0 amide bonds. The number of halogens is 1. The largest absolute Gasteiger partial charge is 0.218 e. The molecule has 0 N–H and O–H groups in total. The minimum Gasteiger partial charge on any atom is -0.218 e. The Balaban J connectivity index is 2.34. The first-order valence-corrected chi connectivity index (χ1v) is 8.36. The number of benzene rings is 3. The molecular formula is C16H11BrO2S. The van der Waals surface area contributed by atoms with Gasteiger partial charge in [-0.25, -0.2) is 8.42 Å². The summed E-state index contributed by atoms with van der Waals surface area (Å²) < 4.78 is 26.4. The van der Waals surface area contributed by atoms with Crippen LogP contribution in [0.2, 0.25) is 0 Å². The van der Waals surface area contributed by atoms with Gasteiger partial charge in [-0.2, -0.15) is 0 Å². The fraction of sp³-hybridized carbons (Fsp3) is 0. The molecule has 4 heteroatoms. The molecule has 2 nitrogen and oxygen atoms in total. The highest BCUT2D eigenvalue weighted by atomic mass is 79.9. The third kappa shape index (κ3) is 2.15. The normalized spacial score (nSPS) is 11.7. The van der Waals surface area contributed by atoms with Gasteiger partial charge in [-0.3, -0.25) is 0 Å². The zero-order valence-electron chi connectivity index (χ0n) is 10.5. The molecule has 100 valence electrons. The topological polar surface area (TPSA) is 34.1 Å². The van der Waals surface area contributed by atoms with Crippen molar-refractivity contribution in [3.8, 4) is 0 Å². The maximum Gasteiger partial charge on any atom is 0.207 e. The van der Waals surface area contributed by atoms with Gasteiger partial charge in [-0.05, 0) is 29.7 Å². The summed E-state index contributed by atoms with van der Waals surface area (Å²) in [7, 11) is -3.50. The predicted octanol–water partition coefficient (Wildman–Crippen LogP) is 4.44. The molecule has 0 aliphatic heterocycles. The number of fused-ring (bicyclic) bond motifs is 1. The molecule has 0 unspecified atom stereocenters. The molecule has 20 heavy (non-hydrogen) atoms. The van der Waals surface area contributed by atoms with E-state index in [1.807, 2.05) is 24.3 Å². The van der Waals surface area contributed by atoms with E-state index in [1.165, 1.54) is 0 Å². The quantitative estimate of drug-likeness (QED) is 0.687. The van der Waals surface area contributed by atoms with Crippen molar-refractivity contribution in [3.05, 3.63) is 71.2 Å². The number of hydrogen-bond acceptors (Lipinski definition) is 2. The van der Waals surface area contributed by atoms with Crippen LogP contribution in [-0.4, -0.2) is 8.42 Å². The highest BCUT2D eigenvalue weighted by Gasteiger charge is 2.20. The SMILES string of the molecule is O=S(=O)(c1ccccc1)c1ccc(Br)c2ccccc12. The van der Waals surface area contributed by atoms with Crippen molar-refractivity contribution in [3.63, 3.8) is 0 Å². The summed E-state index contributed by atoms with van der Waals surface area (Å²) in [6.45, 7) is 0. The van der Waals surface area contributed by atoms with Crippen molar-refractivity contribution in [2.75, 3.05) is 0 Å². The van der Waals surface area contributed by atoms with Crippen LogP contribution in [0.1, 0.15) is 0 Å². The van der Waals surface area contributed by atoms with Crippen LogP contribution in [0.25, 0.3) is 10.8 Å². The maximum absolute atomic E-state index is 12.7. The molecular weight excluding hydrogens is 336 g/mol. The van der Waals surface area contributed by atoms with Crippen molar-refractivity contribution in [2.24, 2.45) is 0 Å². The molecule has 0 heterocycles. The van der Waals surface area contributed by atoms with E-state index < -0.39 is 9.84 Å². The molecule has 0 aliphatic rings. The summed E-state index contributed by atoms with van der Waals surface area (Å²) in [5, 5.41) is 1.62. The average molecular weight is 347 g/mol. The van der Waals surface area contributed by atoms with Gasteiger partial charge < -0.3 is 0 Å². The Labute approximate surface area is 126 Å². The van der Waals surface area contributed by atoms with Crippen molar-refractivity contribution < 1.29 is 8.42 Å². The van der Waals surface area contributed by atoms with E-state index in [-0.39, 0.29) is 0 Å². The van der Waals surface area contributed by atoms with E-state index in [2.05, 4.69) is 15.9 Å². The first kappa shape index (κ1) is 13.3. The summed E-state index contributed by atoms with van der Waals surface area (Å²) in [4.78, 5) is 0.648. The molecule has 0 spiro atoms. The van der Waals surface area contributed by atoms with Crippen LogP contribution >= 0.6 is 15.9 Å². The fourth-order valence-electron chi connectivity index (χ4n) is 2.20. The third-order valence-electron chi connectivity index (χ3n) is 3.17. The van der Waals surface area contributed by atoms with Gasteiger partial charge in [0.25, 0.3) is 0 Å². The van der Waals surface area contributed by atoms with E-state index in [0.29, 0.717) is 9.79 Å². The van der Waals surface area contributed by atoms with Gasteiger partial charge in [0.05, 0.1) is 9.79 Å². The predicted molar refractivity (Wildman–Crippen MR) is 83.5 cm³/mol. The smallest absolute Gasteiger partial charge is 0.207 e. The molecule has 0 radical (unpaired) electrons. The van der Waals surface area contributed by atoms with Crippen LogP contribution in [0.3, 0.4) is 0 Å². The standard InChI is InChI=1S/C16H11BrO2S/c17-15-10-11-16(14-9-5-4-8-13(14)15)20(18,19)12-6-2-1-3-7-12/h1-11H. The van der Waals surface area contributed by atoms with Gasteiger partial charge in [-0.1, -0.05) is 58.4 Å². The van der Waals surface area contributed by atoms with E-state index in [0.717, 1.165) is 15.2 Å². The van der Waals surface area contributed by atoms with Gasteiger partial charge in [0.15, 0.2) is 0 Å². The third-order valence-corrected chi connectivity index (χ3v) is 5.69. The van der Waals surface area contributed by atoms with E-state index >= 15 is 0 Å². The Morgan fingerprint density at radius 1 is 0.700 bits per heavy atom. The van der Waals surface area contributed by atoms with Crippen LogP contribution in [0.4, 0.5) is 0 Å². The van der Waals surface area contributed by atoms with E-state index in [9.17, 15) is 8.42 Å². The van der Waals surface area contributed by atoms with Gasteiger partial charge in [0.1, 0.15) is 0 Å². The number of sulfone groups is 1. The molecule has 0 bridgehead atoms. The second-order valence-electron chi connectivity index (χ2n) is 4.41. The number of rotatable bonds is 2. The van der Waals surface area contributed by atoms with Crippen LogP contribution in [0, 0.1) is 0 Å². The van der Waals surface area contributed by atoms with Crippen molar-refractivity contribution in [1.29, 1.82) is 0 Å². The summed E-state index contributed by atoms with van der Waals surface area (Å²) in [6, 6.07) is 19.4. The Morgan fingerprint density at radius 3 is 2.00 bits per heavy atom. The molecule has 0 atom stereocenters. The molecule has 0 saturated carbocycles. The van der Waals surface area contributed by atoms with E-state index in [4.69, 9.17) is 0 Å². The first-order chi connectivity index (χ1) is 9.60. The fourth-order valence-corrected chi connectivity index (χ4v) is 4.16. The molecule has 3 rings (SSSR count). The highest BCUT2D eigenvalue weighted by molar-refractivity contribution is 9.10. The Morgan fingerprint density at radius 2 is 1.30 bits per heavy atom. The van der Waals surface area contributed by atoms with E-state index in [1.54, 1.807) is 42.5 Å². The lowest BCUT2D eigenvalue weighted by Gasteiger charge is -2.09. The molecule has 0 saturated heterocycles. The summed E-state index contributed by atoms with van der Waals surface area (Å²) in [5.74, 6) is 0. The molecule has 3 aromatic rings. The molecule has 0 aliphatic carbocycles. The second-order valence-corrected chi connectivity index (χ2v) is 7.18. The zero-order chi connectivity index (χ0) is 14.2. The second kappa shape index (κ2) is 5.04. The van der Waals surface area contributed by atoms with Crippen molar-refractivity contribution in [2.45, 2.75) is 9.79 Å². The zero-order valence-corrected chi connectivity index (χ0v) is 12.9. The molecule has 0 fully saturated rings. The van der Waals surface area contributed by atoms with Crippen molar-refractivity contribution in [1.82, 2.24) is 0 Å². The van der Waals surface area contributed by atoms with Gasteiger partial charge in [0.2, 0.25) is 9.84 Å². The highest BCUT2D eigenvalue weighted by Crippen LogP contribution is 2.32. The van der Waals surface area contributed by atoms with Gasteiger partial charge in [0, 0.05) is 9.86 Å². The summed E-state index contributed by atoms with van der Waals surface area (Å²) in [5.41, 5.74) is 0. The van der Waals surface area contributed by atoms with Crippen LogP contribution in [0.5, 0.6) is 0 Å². The van der Waals surface area contributed by atoms with Crippen LogP contribution in [-0.2, 0) is 9.84 Å². The monoisotopic (exact) mass is 346 g/mol. The van der Waals surface area contributed by atoms with Crippen LogP contribution in [0.15, 0.2) is 81.0 Å². The van der Waals surface area contributed by atoms with Crippen LogP contribution < -0.4 is 0 Å². The summed E-state index contributed by atoms with van der Waals surface area (Å²) >= 11 is 3.46. The Hall–Kier alpha value is -1.65. The molecule has 0 aromatic heterocycles. The van der Waals surface area contributed by atoms with Gasteiger partial charge >= 0.3 is 0 Å². The lowest BCUT2D eigenvalue weighted by atomic mass is 10.1. The molecule has 3 aromatic carbocycles. The maximum atomic E-state index is 12.7. The Kier molecular flexibility index (Phi) is 3.36. The Bertz CT molecular complexity index is 871. The summed E-state index contributed by atoms with van der Waals surface area (Å²) in [6.07, 6.45) is 0. The number of hydrogen-bond donors (Lipinski definition) is 0. The first-order valence-electron chi connectivity index (χ1n) is 6.08. The average Bonchev–Trinajstić information content (AvgIpc) is 2.48. The lowest BCUT2D eigenvalue weighted by Crippen LogP contribution is -2.02. The lowest BCUT2D eigenvalue weighted by molar-refractivity contribution is 0.597. The van der Waals surface area contributed by atoms with Crippen molar-refractivity contribution >= 4 is 36.5 Å². The minimum atomic E-state index is -3.50.